The molecule has 0 bridgehead atoms. The number of sulfonamides is 1. The molecular weight excluding hydrogens is 426 g/mol. The molecule has 2 rings (SSSR count). The van der Waals surface area contributed by atoms with E-state index in [9.17, 15) is 18.3 Å². The second-order valence-corrected chi connectivity index (χ2v) is 10.1. The first-order chi connectivity index (χ1) is 15.0. The van der Waals surface area contributed by atoms with E-state index in [2.05, 4.69) is 0 Å². The van der Waals surface area contributed by atoms with E-state index in [4.69, 9.17) is 5.11 Å². The number of aliphatic carboxylic acids is 1. The van der Waals surface area contributed by atoms with E-state index >= 15 is 0 Å². The minimum absolute atomic E-state index is 0.189. The number of carbonyl (C=O) groups is 1. The van der Waals surface area contributed by atoms with Gasteiger partial charge in [0.25, 0.3) is 0 Å². The number of nitrogens with zero attached hydrogens (tertiary/aromatic N) is 1. The Morgan fingerprint density at radius 1 is 1.12 bits per heavy atom. The smallest absolute Gasteiger partial charge is 0.328 e. The summed E-state index contributed by atoms with van der Waals surface area (Å²) in [7, 11) is -2.20. The number of rotatable bonds is 8. The SMILES string of the molecule is CC(/C=C/C1=C(O)CCC[C@@]1(C)N(C)S(=O)(=O)c1ccccc1)=C\C=C\C(C)=C\C(=O)O. The van der Waals surface area contributed by atoms with E-state index in [0.717, 1.165) is 11.6 Å². The Morgan fingerprint density at radius 3 is 2.41 bits per heavy atom. The standard InChI is InChI=1S/C25H31NO5S/c1-19(10-8-11-20(2)18-24(28)29)15-16-22-23(27)14-9-17-25(22,3)26(4)32(30,31)21-12-6-5-7-13-21/h5-8,10-13,15-16,18,27H,9,14,17H2,1-4H3,(H,28,29)/b11-8+,16-15+,19-10+,20-18+/t25-/m1/s1. The minimum Gasteiger partial charge on any atom is -0.512 e. The van der Waals surface area contributed by atoms with E-state index in [0.29, 0.717) is 30.4 Å². The maximum absolute atomic E-state index is 13.2. The second kappa shape index (κ2) is 10.6. The molecule has 0 saturated heterocycles. The molecule has 2 N–H and O–H groups in total. The molecule has 0 aliphatic heterocycles. The van der Waals surface area contributed by atoms with E-state index in [1.54, 1.807) is 62.5 Å². The van der Waals surface area contributed by atoms with E-state index < -0.39 is 21.5 Å². The topological polar surface area (TPSA) is 94.9 Å². The largest absolute Gasteiger partial charge is 0.512 e. The third-order valence-electron chi connectivity index (χ3n) is 5.65. The summed E-state index contributed by atoms with van der Waals surface area (Å²) >= 11 is 0. The minimum atomic E-state index is -3.75. The molecule has 1 aliphatic carbocycles. The van der Waals surface area contributed by atoms with Gasteiger partial charge in [0.05, 0.1) is 16.2 Å². The fourth-order valence-corrected chi connectivity index (χ4v) is 5.20. The Kier molecular flexibility index (Phi) is 8.41. The van der Waals surface area contributed by atoms with Crippen LogP contribution in [0.25, 0.3) is 0 Å². The van der Waals surface area contributed by atoms with Crippen molar-refractivity contribution < 1.29 is 23.4 Å². The Hall–Kier alpha value is -2.90. The molecule has 0 heterocycles. The quantitative estimate of drug-likeness (QED) is 0.416. The molecule has 0 fully saturated rings. The number of allylic oxidation sites excluding steroid dienone is 7. The van der Waals surface area contributed by atoms with Gasteiger partial charge in [-0.15, -0.1) is 0 Å². The summed E-state index contributed by atoms with van der Waals surface area (Å²) in [6.07, 6.45) is 11.7. The number of carboxylic acids is 1. The molecule has 6 nitrogen and oxygen atoms in total. The second-order valence-electron chi connectivity index (χ2n) is 8.10. The summed E-state index contributed by atoms with van der Waals surface area (Å²) in [5, 5.41) is 19.4. The summed E-state index contributed by atoms with van der Waals surface area (Å²) in [6, 6.07) is 8.28. The molecule has 0 spiro atoms. The third kappa shape index (κ3) is 6.08. The van der Waals surface area contributed by atoms with Crippen LogP contribution in [0.3, 0.4) is 0 Å². The Bertz CT molecular complexity index is 1090. The summed E-state index contributed by atoms with van der Waals surface area (Å²) in [6.45, 7) is 5.41. The number of hydrogen-bond acceptors (Lipinski definition) is 4. The lowest BCUT2D eigenvalue weighted by Gasteiger charge is -2.42. The Labute approximate surface area is 190 Å². The van der Waals surface area contributed by atoms with Crippen LogP contribution < -0.4 is 0 Å². The molecule has 1 aromatic rings. The first kappa shape index (κ1) is 25.4. The summed E-state index contributed by atoms with van der Waals surface area (Å²) in [5.74, 6) is -0.810. The zero-order valence-corrected chi connectivity index (χ0v) is 19.8. The van der Waals surface area contributed by atoms with Crippen LogP contribution in [0.2, 0.25) is 0 Å². The first-order valence-corrected chi connectivity index (χ1v) is 11.8. The van der Waals surface area contributed by atoms with Gasteiger partial charge in [-0.1, -0.05) is 54.2 Å². The van der Waals surface area contributed by atoms with Crippen molar-refractivity contribution >= 4 is 16.0 Å². The van der Waals surface area contributed by atoms with Crippen LogP contribution in [0.5, 0.6) is 0 Å². The Morgan fingerprint density at radius 2 is 1.78 bits per heavy atom. The van der Waals surface area contributed by atoms with Crippen molar-refractivity contribution in [2.75, 3.05) is 7.05 Å². The summed E-state index contributed by atoms with van der Waals surface area (Å²) in [5.41, 5.74) is 1.15. The highest BCUT2D eigenvalue weighted by Gasteiger charge is 2.42. The maximum atomic E-state index is 13.2. The molecule has 1 aromatic carbocycles. The molecule has 0 amide bonds. The lowest BCUT2D eigenvalue weighted by atomic mass is 9.80. The zero-order chi connectivity index (χ0) is 23.9. The van der Waals surface area contributed by atoms with Crippen molar-refractivity contribution in [2.45, 2.75) is 50.5 Å². The first-order valence-electron chi connectivity index (χ1n) is 10.4. The molecule has 7 heteroatoms. The van der Waals surface area contributed by atoms with Crippen LogP contribution in [0.1, 0.15) is 40.0 Å². The lowest BCUT2D eigenvalue weighted by molar-refractivity contribution is -0.131. The maximum Gasteiger partial charge on any atom is 0.328 e. The molecule has 0 saturated carbocycles. The molecular formula is C25H31NO5S. The molecule has 1 aliphatic rings. The van der Waals surface area contributed by atoms with Gasteiger partial charge in [0.15, 0.2) is 0 Å². The summed E-state index contributed by atoms with van der Waals surface area (Å²) < 4.78 is 27.8. The number of hydrogen-bond donors (Lipinski definition) is 2. The highest BCUT2D eigenvalue weighted by atomic mass is 32.2. The fraction of sp³-hybridized carbons (Fsp3) is 0.320. The number of aliphatic hydroxyl groups is 1. The summed E-state index contributed by atoms with van der Waals surface area (Å²) in [4.78, 5) is 10.9. The van der Waals surface area contributed by atoms with Gasteiger partial charge in [-0.2, -0.15) is 4.31 Å². The van der Waals surface area contributed by atoms with Crippen LogP contribution in [-0.2, 0) is 14.8 Å². The van der Waals surface area contributed by atoms with E-state index in [1.807, 2.05) is 26.0 Å². The normalized spacial score (nSPS) is 21.2. The van der Waals surface area contributed by atoms with Gasteiger partial charge in [0, 0.05) is 25.1 Å². The van der Waals surface area contributed by atoms with Crippen molar-refractivity contribution in [2.24, 2.45) is 0 Å². The monoisotopic (exact) mass is 457 g/mol. The highest BCUT2D eigenvalue weighted by Crippen LogP contribution is 2.40. The van der Waals surface area contributed by atoms with Gasteiger partial charge < -0.3 is 10.2 Å². The van der Waals surface area contributed by atoms with Gasteiger partial charge in [-0.05, 0) is 51.3 Å². The number of likely N-dealkylation sites (N-methyl/N-ethyl adjacent to an activating group) is 1. The zero-order valence-electron chi connectivity index (χ0n) is 18.9. The van der Waals surface area contributed by atoms with Gasteiger partial charge in [0.2, 0.25) is 10.0 Å². The molecule has 172 valence electrons. The average molecular weight is 458 g/mol. The molecule has 0 radical (unpaired) electrons. The van der Waals surface area contributed by atoms with Crippen LogP contribution >= 0.6 is 0 Å². The van der Waals surface area contributed by atoms with Crippen LogP contribution in [0.15, 0.2) is 94.2 Å². The van der Waals surface area contributed by atoms with Gasteiger partial charge in [0.1, 0.15) is 0 Å². The lowest BCUT2D eigenvalue weighted by Crippen LogP contribution is -2.49. The molecule has 0 aromatic heterocycles. The molecule has 32 heavy (non-hydrogen) atoms. The number of aliphatic hydroxyl groups excluding tert-OH is 1. The van der Waals surface area contributed by atoms with Crippen molar-refractivity contribution in [3.63, 3.8) is 0 Å². The van der Waals surface area contributed by atoms with Gasteiger partial charge >= 0.3 is 5.97 Å². The van der Waals surface area contributed by atoms with Crippen molar-refractivity contribution in [3.8, 4) is 0 Å². The fourth-order valence-electron chi connectivity index (χ4n) is 3.66. The van der Waals surface area contributed by atoms with Crippen LogP contribution in [0, 0.1) is 0 Å². The highest BCUT2D eigenvalue weighted by molar-refractivity contribution is 7.89. The van der Waals surface area contributed by atoms with Crippen molar-refractivity contribution in [3.05, 3.63) is 89.3 Å². The van der Waals surface area contributed by atoms with Gasteiger partial charge in [-0.25, -0.2) is 13.2 Å². The third-order valence-corrected chi connectivity index (χ3v) is 7.64. The Balaban J connectivity index is 2.33. The van der Waals surface area contributed by atoms with Crippen molar-refractivity contribution in [1.82, 2.24) is 4.31 Å². The van der Waals surface area contributed by atoms with E-state index in [1.165, 1.54) is 4.31 Å². The van der Waals surface area contributed by atoms with Crippen LogP contribution in [-0.4, -0.2) is 41.5 Å². The van der Waals surface area contributed by atoms with Crippen molar-refractivity contribution in [1.29, 1.82) is 0 Å². The predicted octanol–water partition coefficient (Wildman–Crippen LogP) is 5.15. The average Bonchev–Trinajstić information content (AvgIpc) is 2.73. The number of benzene rings is 1. The van der Waals surface area contributed by atoms with E-state index in [-0.39, 0.29) is 10.7 Å². The molecule has 0 unspecified atom stereocenters. The van der Waals surface area contributed by atoms with Gasteiger partial charge in [-0.3, -0.25) is 0 Å². The van der Waals surface area contributed by atoms with Crippen LogP contribution in [0.4, 0.5) is 0 Å². The number of carboxylic acid groups (broad SMARTS) is 1. The molecule has 1 atom stereocenters. The predicted molar refractivity (Wildman–Crippen MR) is 127 cm³/mol.